The first-order valence-electron chi connectivity index (χ1n) is 8.02. The fourth-order valence-electron chi connectivity index (χ4n) is 2.13. The van der Waals surface area contributed by atoms with Gasteiger partial charge >= 0.3 is 0 Å². The molecule has 2 N–H and O–H groups in total. The molecule has 0 aliphatic heterocycles. The standard InChI is InChI=1S/C18H25N3O2/c1-19-21-18-14-17(10-11-20-18)23-13-7-3-6-12-22-15-16-8-4-2-5-9-16/h2,4-5,8-11,14,19H,3,6-7,12-13,15H2,1H3,(H,20,21). The topological polar surface area (TPSA) is 55.4 Å². The molecule has 2 aromatic rings. The number of hydrogen-bond acceptors (Lipinski definition) is 5. The lowest BCUT2D eigenvalue weighted by Gasteiger charge is -2.08. The summed E-state index contributed by atoms with van der Waals surface area (Å²) in [5.41, 5.74) is 6.99. The predicted octanol–water partition coefficient (Wildman–Crippen LogP) is 3.39. The van der Waals surface area contributed by atoms with Gasteiger partial charge in [-0.05, 0) is 30.9 Å². The van der Waals surface area contributed by atoms with Gasteiger partial charge in [0.1, 0.15) is 11.6 Å². The Balaban J connectivity index is 1.50. The van der Waals surface area contributed by atoms with Gasteiger partial charge in [-0.3, -0.25) is 0 Å². The molecule has 0 radical (unpaired) electrons. The largest absolute Gasteiger partial charge is 0.493 e. The van der Waals surface area contributed by atoms with E-state index in [1.807, 2.05) is 30.3 Å². The third-order valence-corrected chi connectivity index (χ3v) is 3.30. The van der Waals surface area contributed by atoms with Crippen molar-refractivity contribution in [3.8, 4) is 5.75 Å². The number of anilines is 1. The molecule has 1 heterocycles. The lowest BCUT2D eigenvalue weighted by atomic mass is 10.2. The Morgan fingerprint density at radius 2 is 1.83 bits per heavy atom. The number of nitrogens with one attached hydrogen (secondary N) is 2. The zero-order valence-electron chi connectivity index (χ0n) is 13.6. The van der Waals surface area contributed by atoms with Gasteiger partial charge in [-0.15, -0.1) is 0 Å². The van der Waals surface area contributed by atoms with Gasteiger partial charge in [-0.1, -0.05) is 30.3 Å². The van der Waals surface area contributed by atoms with Crippen LogP contribution < -0.4 is 15.6 Å². The van der Waals surface area contributed by atoms with Gasteiger partial charge in [-0.2, -0.15) is 0 Å². The van der Waals surface area contributed by atoms with E-state index in [1.165, 1.54) is 5.56 Å². The van der Waals surface area contributed by atoms with Crippen LogP contribution in [0.25, 0.3) is 0 Å². The van der Waals surface area contributed by atoms with Crippen LogP contribution in [-0.4, -0.2) is 25.2 Å². The Hall–Kier alpha value is -2.11. The molecular weight excluding hydrogens is 290 g/mol. The summed E-state index contributed by atoms with van der Waals surface area (Å²) < 4.78 is 11.4. The highest BCUT2D eigenvalue weighted by atomic mass is 16.5. The third-order valence-electron chi connectivity index (χ3n) is 3.30. The van der Waals surface area contributed by atoms with Gasteiger partial charge in [0.2, 0.25) is 0 Å². The first-order chi connectivity index (χ1) is 11.4. The molecule has 0 unspecified atom stereocenters. The second-order valence-electron chi connectivity index (χ2n) is 5.20. The molecule has 2 rings (SSSR count). The molecule has 0 aliphatic carbocycles. The van der Waals surface area contributed by atoms with Gasteiger partial charge in [0.15, 0.2) is 0 Å². The number of aromatic nitrogens is 1. The van der Waals surface area contributed by atoms with Crippen LogP contribution >= 0.6 is 0 Å². The Labute approximate surface area is 138 Å². The van der Waals surface area contributed by atoms with E-state index in [1.54, 1.807) is 13.2 Å². The number of benzene rings is 1. The van der Waals surface area contributed by atoms with E-state index in [9.17, 15) is 0 Å². The molecule has 5 nitrogen and oxygen atoms in total. The van der Waals surface area contributed by atoms with Crippen molar-refractivity contribution in [1.29, 1.82) is 0 Å². The maximum absolute atomic E-state index is 5.72. The van der Waals surface area contributed by atoms with Gasteiger partial charge in [0, 0.05) is 25.9 Å². The first kappa shape index (κ1) is 17.2. The minimum absolute atomic E-state index is 0.690. The highest BCUT2D eigenvalue weighted by Crippen LogP contribution is 2.14. The average molecular weight is 315 g/mol. The molecule has 0 atom stereocenters. The van der Waals surface area contributed by atoms with E-state index in [-0.39, 0.29) is 0 Å². The van der Waals surface area contributed by atoms with Crippen LogP contribution in [-0.2, 0) is 11.3 Å². The molecule has 1 aromatic heterocycles. The van der Waals surface area contributed by atoms with Crippen molar-refractivity contribution < 1.29 is 9.47 Å². The molecule has 0 aliphatic rings. The maximum Gasteiger partial charge on any atom is 0.143 e. The summed E-state index contributed by atoms with van der Waals surface area (Å²) in [6, 6.07) is 14.0. The van der Waals surface area contributed by atoms with Crippen LogP contribution in [0.4, 0.5) is 5.82 Å². The molecule has 0 amide bonds. The van der Waals surface area contributed by atoms with E-state index >= 15 is 0 Å². The molecule has 0 saturated carbocycles. The Bertz CT molecular complexity index is 549. The Morgan fingerprint density at radius 1 is 1.00 bits per heavy atom. The van der Waals surface area contributed by atoms with Crippen molar-refractivity contribution in [2.45, 2.75) is 25.9 Å². The van der Waals surface area contributed by atoms with Crippen molar-refractivity contribution in [3.05, 3.63) is 54.2 Å². The summed E-state index contributed by atoms with van der Waals surface area (Å²) >= 11 is 0. The number of ether oxygens (including phenoxy) is 2. The minimum atomic E-state index is 0.690. The highest BCUT2D eigenvalue weighted by Gasteiger charge is 1.98. The molecule has 5 heteroatoms. The molecular formula is C18H25N3O2. The van der Waals surface area contributed by atoms with E-state index < -0.39 is 0 Å². The highest BCUT2D eigenvalue weighted by molar-refractivity contribution is 5.39. The van der Waals surface area contributed by atoms with Crippen molar-refractivity contribution in [2.24, 2.45) is 0 Å². The smallest absolute Gasteiger partial charge is 0.143 e. The quantitative estimate of drug-likeness (QED) is 0.492. The zero-order valence-corrected chi connectivity index (χ0v) is 13.6. The second-order valence-corrected chi connectivity index (χ2v) is 5.20. The third kappa shape index (κ3) is 7.13. The van der Waals surface area contributed by atoms with Crippen LogP contribution in [0.2, 0.25) is 0 Å². The van der Waals surface area contributed by atoms with E-state index in [4.69, 9.17) is 9.47 Å². The van der Waals surface area contributed by atoms with Crippen LogP contribution in [0.3, 0.4) is 0 Å². The number of nitrogens with zero attached hydrogens (tertiary/aromatic N) is 1. The summed E-state index contributed by atoms with van der Waals surface area (Å²) in [7, 11) is 1.80. The maximum atomic E-state index is 5.72. The number of unbranched alkanes of at least 4 members (excludes halogenated alkanes) is 2. The first-order valence-corrected chi connectivity index (χ1v) is 8.02. The summed E-state index contributed by atoms with van der Waals surface area (Å²) in [6.07, 6.45) is 4.90. The Kier molecular flexibility index (Phi) is 7.94. The lowest BCUT2D eigenvalue weighted by molar-refractivity contribution is 0.116. The average Bonchev–Trinajstić information content (AvgIpc) is 2.59. The predicted molar refractivity (Wildman–Crippen MR) is 92.4 cm³/mol. The van der Waals surface area contributed by atoms with Crippen molar-refractivity contribution in [3.63, 3.8) is 0 Å². The molecule has 124 valence electrons. The normalized spacial score (nSPS) is 10.5. The molecule has 0 bridgehead atoms. The minimum Gasteiger partial charge on any atom is -0.493 e. The fraction of sp³-hybridized carbons (Fsp3) is 0.389. The molecule has 0 fully saturated rings. The van der Waals surface area contributed by atoms with Gasteiger partial charge in [-0.25, -0.2) is 10.4 Å². The monoisotopic (exact) mass is 315 g/mol. The lowest BCUT2D eigenvalue weighted by Crippen LogP contribution is -2.15. The van der Waals surface area contributed by atoms with Crippen LogP contribution in [0.5, 0.6) is 5.75 Å². The van der Waals surface area contributed by atoms with Gasteiger partial charge in [0.05, 0.1) is 13.2 Å². The molecule has 0 spiro atoms. The van der Waals surface area contributed by atoms with Gasteiger partial charge in [0.25, 0.3) is 0 Å². The van der Waals surface area contributed by atoms with E-state index in [2.05, 4.69) is 28.0 Å². The number of hydrazine groups is 1. The second kappa shape index (κ2) is 10.6. The summed E-state index contributed by atoms with van der Waals surface area (Å²) in [5.74, 6) is 1.58. The van der Waals surface area contributed by atoms with Crippen LogP contribution in [0.15, 0.2) is 48.7 Å². The van der Waals surface area contributed by atoms with Crippen molar-refractivity contribution in [1.82, 2.24) is 10.4 Å². The number of pyridine rings is 1. The van der Waals surface area contributed by atoms with E-state index in [0.717, 1.165) is 37.4 Å². The van der Waals surface area contributed by atoms with Crippen molar-refractivity contribution in [2.75, 3.05) is 25.7 Å². The van der Waals surface area contributed by atoms with Crippen LogP contribution in [0.1, 0.15) is 24.8 Å². The SMILES string of the molecule is CNNc1cc(OCCCCCOCc2ccccc2)ccn1. The zero-order chi connectivity index (χ0) is 16.2. The van der Waals surface area contributed by atoms with Crippen molar-refractivity contribution >= 4 is 5.82 Å². The summed E-state index contributed by atoms with van der Waals surface area (Å²) in [4.78, 5) is 4.16. The van der Waals surface area contributed by atoms with E-state index in [0.29, 0.717) is 13.2 Å². The number of rotatable bonds is 11. The summed E-state index contributed by atoms with van der Waals surface area (Å²) in [6.45, 7) is 2.19. The fourth-order valence-corrected chi connectivity index (χ4v) is 2.13. The molecule has 0 saturated heterocycles. The molecule has 23 heavy (non-hydrogen) atoms. The Morgan fingerprint density at radius 3 is 2.65 bits per heavy atom. The molecule has 1 aromatic carbocycles. The summed E-state index contributed by atoms with van der Waals surface area (Å²) in [5, 5.41) is 0. The van der Waals surface area contributed by atoms with Crippen LogP contribution in [0, 0.1) is 0 Å². The number of hydrogen-bond donors (Lipinski definition) is 2. The van der Waals surface area contributed by atoms with Gasteiger partial charge < -0.3 is 14.9 Å².